The maximum Gasteiger partial charge on any atom is 0.335 e. The van der Waals surface area contributed by atoms with Crippen LogP contribution in [-0.2, 0) is 6.54 Å². The van der Waals surface area contributed by atoms with E-state index in [9.17, 15) is 4.79 Å². The molecular formula is C14H13N3O2S. The van der Waals surface area contributed by atoms with Crippen LogP contribution < -0.4 is 10.6 Å². The molecular weight excluding hydrogens is 274 g/mol. The molecule has 2 aromatic rings. The smallest absolute Gasteiger partial charge is 0.335 e. The molecule has 102 valence electrons. The normalized spacial score (nSPS) is 9.80. The molecule has 6 heteroatoms. The van der Waals surface area contributed by atoms with Crippen LogP contribution in [0.5, 0.6) is 0 Å². The number of nitrogens with zero attached hydrogens (tertiary/aromatic N) is 1. The van der Waals surface area contributed by atoms with Crippen molar-refractivity contribution in [3.8, 4) is 0 Å². The number of anilines is 1. The number of pyridine rings is 1. The van der Waals surface area contributed by atoms with Gasteiger partial charge in [-0.25, -0.2) is 4.79 Å². The van der Waals surface area contributed by atoms with Gasteiger partial charge in [0.25, 0.3) is 0 Å². The molecule has 0 aliphatic carbocycles. The minimum absolute atomic E-state index is 0.207. The Balaban J connectivity index is 1.90. The molecule has 0 atom stereocenters. The first-order chi connectivity index (χ1) is 9.65. The van der Waals surface area contributed by atoms with Crippen LogP contribution in [0.15, 0.2) is 48.7 Å². The van der Waals surface area contributed by atoms with E-state index < -0.39 is 5.97 Å². The van der Waals surface area contributed by atoms with Gasteiger partial charge in [-0.3, -0.25) is 4.98 Å². The number of aromatic carboxylic acids is 1. The van der Waals surface area contributed by atoms with Gasteiger partial charge in [0, 0.05) is 11.9 Å². The van der Waals surface area contributed by atoms with Gasteiger partial charge >= 0.3 is 5.97 Å². The van der Waals surface area contributed by atoms with Crippen molar-refractivity contribution in [2.45, 2.75) is 6.54 Å². The fourth-order valence-electron chi connectivity index (χ4n) is 1.58. The number of nitrogens with one attached hydrogen (secondary N) is 2. The van der Waals surface area contributed by atoms with Crippen molar-refractivity contribution in [2.24, 2.45) is 0 Å². The molecule has 0 bridgehead atoms. The van der Waals surface area contributed by atoms with Crippen molar-refractivity contribution in [3.63, 3.8) is 0 Å². The summed E-state index contributed by atoms with van der Waals surface area (Å²) in [5.41, 5.74) is 1.71. The molecule has 20 heavy (non-hydrogen) atoms. The zero-order chi connectivity index (χ0) is 14.4. The number of carbonyl (C=O) groups is 1. The lowest BCUT2D eigenvalue weighted by molar-refractivity contribution is 0.0696. The van der Waals surface area contributed by atoms with Crippen molar-refractivity contribution in [1.82, 2.24) is 10.3 Å². The molecule has 1 heterocycles. The van der Waals surface area contributed by atoms with E-state index in [-0.39, 0.29) is 5.56 Å². The molecule has 0 aliphatic rings. The first-order valence-electron chi connectivity index (χ1n) is 5.93. The molecule has 0 unspecified atom stereocenters. The monoisotopic (exact) mass is 287 g/mol. The first kappa shape index (κ1) is 14.0. The van der Waals surface area contributed by atoms with Crippen molar-refractivity contribution < 1.29 is 9.90 Å². The average Bonchev–Trinajstić information content (AvgIpc) is 2.46. The molecule has 0 saturated heterocycles. The second-order valence-electron chi connectivity index (χ2n) is 4.01. The predicted octanol–water partition coefficient (Wildman–Crippen LogP) is 2.27. The lowest BCUT2D eigenvalue weighted by atomic mass is 10.2. The second-order valence-corrected chi connectivity index (χ2v) is 4.42. The summed E-state index contributed by atoms with van der Waals surface area (Å²) in [5, 5.41) is 15.4. The van der Waals surface area contributed by atoms with Gasteiger partial charge in [0.15, 0.2) is 5.11 Å². The molecule has 1 aromatic carbocycles. The predicted molar refractivity (Wildman–Crippen MR) is 80.7 cm³/mol. The highest BCUT2D eigenvalue weighted by Gasteiger charge is 2.04. The van der Waals surface area contributed by atoms with Gasteiger partial charge < -0.3 is 15.7 Å². The van der Waals surface area contributed by atoms with Crippen LogP contribution in [0.4, 0.5) is 5.69 Å². The Kier molecular flexibility index (Phi) is 4.62. The fraction of sp³-hybridized carbons (Fsp3) is 0.0714. The Morgan fingerprint density at radius 3 is 2.70 bits per heavy atom. The number of hydrogen-bond acceptors (Lipinski definition) is 3. The lowest BCUT2D eigenvalue weighted by Crippen LogP contribution is -2.28. The van der Waals surface area contributed by atoms with E-state index in [2.05, 4.69) is 15.6 Å². The molecule has 0 radical (unpaired) electrons. The summed E-state index contributed by atoms with van der Waals surface area (Å²) < 4.78 is 0. The van der Waals surface area contributed by atoms with Gasteiger partial charge in [-0.15, -0.1) is 0 Å². The van der Waals surface area contributed by atoms with E-state index in [0.29, 0.717) is 17.4 Å². The molecule has 0 saturated carbocycles. The highest BCUT2D eigenvalue weighted by molar-refractivity contribution is 7.80. The van der Waals surface area contributed by atoms with E-state index in [1.807, 2.05) is 30.3 Å². The highest BCUT2D eigenvalue weighted by Crippen LogP contribution is 2.05. The number of benzene rings is 1. The average molecular weight is 287 g/mol. The van der Waals surface area contributed by atoms with Crippen molar-refractivity contribution in [2.75, 3.05) is 5.32 Å². The van der Waals surface area contributed by atoms with Crippen LogP contribution in [0, 0.1) is 0 Å². The lowest BCUT2D eigenvalue weighted by Gasteiger charge is -2.10. The van der Waals surface area contributed by atoms with Crippen LogP contribution in [0.2, 0.25) is 0 Å². The Bertz CT molecular complexity index is 617. The zero-order valence-electron chi connectivity index (χ0n) is 10.5. The van der Waals surface area contributed by atoms with E-state index in [1.165, 1.54) is 18.3 Å². The quantitative estimate of drug-likeness (QED) is 0.749. The Morgan fingerprint density at radius 2 is 2.00 bits per heavy atom. The van der Waals surface area contributed by atoms with Gasteiger partial charge in [-0.05, 0) is 36.5 Å². The highest BCUT2D eigenvalue weighted by atomic mass is 32.1. The standard InChI is InChI=1S/C14H13N3O2S/c18-13(19)10-6-7-15-12(8-10)9-16-14(20)17-11-4-2-1-3-5-11/h1-8H,9H2,(H,18,19)(H2,16,17,20). The molecule has 0 fully saturated rings. The van der Waals surface area contributed by atoms with Crippen LogP contribution in [-0.4, -0.2) is 21.2 Å². The maximum absolute atomic E-state index is 10.8. The topological polar surface area (TPSA) is 74.2 Å². The van der Waals surface area contributed by atoms with Crippen LogP contribution in [0.3, 0.4) is 0 Å². The number of hydrogen-bond donors (Lipinski definition) is 3. The van der Waals surface area contributed by atoms with Crippen LogP contribution in [0.1, 0.15) is 16.1 Å². The van der Waals surface area contributed by atoms with E-state index >= 15 is 0 Å². The maximum atomic E-state index is 10.8. The van der Waals surface area contributed by atoms with Gasteiger partial charge in [0.2, 0.25) is 0 Å². The Labute approximate surface area is 121 Å². The molecule has 0 spiro atoms. The third-order valence-electron chi connectivity index (χ3n) is 2.53. The third-order valence-corrected chi connectivity index (χ3v) is 2.77. The van der Waals surface area contributed by atoms with E-state index in [0.717, 1.165) is 5.69 Å². The number of rotatable bonds is 4. The van der Waals surface area contributed by atoms with Gasteiger partial charge in [-0.1, -0.05) is 18.2 Å². The Hall–Kier alpha value is -2.47. The van der Waals surface area contributed by atoms with Gasteiger partial charge in [-0.2, -0.15) is 0 Å². The molecule has 1 aromatic heterocycles. The van der Waals surface area contributed by atoms with E-state index in [4.69, 9.17) is 17.3 Å². The summed E-state index contributed by atoms with van der Waals surface area (Å²) in [6.07, 6.45) is 1.47. The summed E-state index contributed by atoms with van der Waals surface area (Å²) in [7, 11) is 0. The summed E-state index contributed by atoms with van der Waals surface area (Å²) in [6, 6.07) is 12.5. The van der Waals surface area contributed by atoms with Gasteiger partial charge in [0.05, 0.1) is 17.8 Å². The molecule has 0 aliphatic heterocycles. The minimum Gasteiger partial charge on any atom is -0.478 e. The second kappa shape index (κ2) is 6.63. The minimum atomic E-state index is -0.973. The summed E-state index contributed by atoms with van der Waals surface area (Å²) in [6.45, 7) is 0.361. The van der Waals surface area contributed by atoms with Crippen molar-refractivity contribution in [1.29, 1.82) is 0 Å². The number of para-hydroxylation sites is 1. The first-order valence-corrected chi connectivity index (χ1v) is 6.34. The largest absolute Gasteiger partial charge is 0.478 e. The SMILES string of the molecule is O=C(O)c1ccnc(CNC(=S)Nc2ccccc2)c1. The van der Waals surface area contributed by atoms with Crippen LogP contribution >= 0.6 is 12.2 Å². The Morgan fingerprint density at radius 1 is 1.25 bits per heavy atom. The third kappa shape index (κ3) is 4.03. The molecule has 5 nitrogen and oxygen atoms in total. The van der Waals surface area contributed by atoms with Crippen molar-refractivity contribution in [3.05, 3.63) is 59.9 Å². The summed E-state index contributed by atoms with van der Waals surface area (Å²) in [5.74, 6) is -0.973. The molecule has 0 amide bonds. The number of aromatic nitrogens is 1. The number of carboxylic acid groups (broad SMARTS) is 1. The summed E-state index contributed by atoms with van der Waals surface area (Å²) in [4.78, 5) is 14.9. The van der Waals surface area contributed by atoms with E-state index in [1.54, 1.807) is 0 Å². The summed E-state index contributed by atoms with van der Waals surface area (Å²) >= 11 is 5.15. The van der Waals surface area contributed by atoms with Crippen LogP contribution in [0.25, 0.3) is 0 Å². The number of thiocarbonyl (C=S) groups is 1. The van der Waals surface area contributed by atoms with Gasteiger partial charge in [0.1, 0.15) is 0 Å². The van der Waals surface area contributed by atoms with Crippen molar-refractivity contribution >= 4 is 29.0 Å². The molecule has 3 N–H and O–H groups in total. The zero-order valence-corrected chi connectivity index (χ0v) is 11.4. The number of carboxylic acids is 1. The fourth-order valence-corrected chi connectivity index (χ4v) is 1.77. The molecule has 2 rings (SSSR count).